The molecule has 0 aliphatic carbocycles. The molecule has 1 atom stereocenters. The molecule has 1 amide bonds. The van der Waals surface area contributed by atoms with Gasteiger partial charge in [0, 0.05) is 12.1 Å². The maximum Gasteiger partial charge on any atom is 0.264 e. The molecule has 0 aromatic heterocycles. The number of carbonyl (C=O) groups excluding carboxylic acids is 1. The summed E-state index contributed by atoms with van der Waals surface area (Å²) in [4.78, 5) is 12.8. The summed E-state index contributed by atoms with van der Waals surface area (Å²) in [7, 11) is -3.67. The quantitative estimate of drug-likeness (QED) is 0.546. The molecule has 7 heteroatoms. The van der Waals surface area contributed by atoms with Gasteiger partial charge in [0.15, 0.2) is 0 Å². The SMILES string of the molecule is CCN(c1ccc(C(=O)N[C@@H](C)COc2ccccc2)cc1)S(=O)(=O)c1ccccc1. The topological polar surface area (TPSA) is 75.7 Å². The molecule has 0 saturated carbocycles. The van der Waals surface area contributed by atoms with E-state index in [4.69, 9.17) is 4.74 Å². The summed E-state index contributed by atoms with van der Waals surface area (Å²) in [5.41, 5.74) is 0.951. The third kappa shape index (κ3) is 5.64. The molecule has 3 aromatic carbocycles. The van der Waals surface area contributed by atoms with E-state index < -0.39 is 10.0 Å². The zero-order valence-electron chi connectivity index (χ0n) is 17.6. The fourth-order valence-corrected chi connectivity index (χ4v) is 4.57. The van der Waals surface area contributed by atoms with Crippen LogP contribution in [0.25, 0.3) is 0 Å². The van der Waals surface area contributed by atoms with Crippen molar-refractivity contribution < 1.29 is 17.9 Å². The van der Waals surface area contributed by atoms with Gasteiger partial charge in [-0.1, -0.05) is 36.4 Å². The van der Waals surface area contributed by atoms with Gasteiger partial charge in [0.1, 0.15) is 12.4 Å². The Morgan fingerprint density at radius 2 is 1.52 bits per heavy atom. The van der Waals surface area contributed by atoms with E-state index in [2.05, 4.69) is 5.32 Å². The van der Waals surface area contributed by atoms with Gasteiger partial charge in [-0.05, 0) is 62.4 Å². The molecule has 31 heavy (non-hydrogen) atoms. The van der Waals surface area contributed by atoms with Crippen LogP contribution in [0.4, 0.5) is 5.69 Å². The molecule has 0 spiro atoms. The van der Waals surface area contributed by atoms with Gasteiger partial charge in [-0.2, -0.15) is 0 Å². The van der Waals surface area contributed by atoms with Gasteiger partial charge in [-0.25, -0.2) is 8.42 Å². The molecule has 0 fully saturated rings. The fourth-order valence-electron chi connectivity index (χ4n) is 3.08. The number of sulfonamides is 1. The number of hydrogen-bond acceptors (Lipinski definition) is 4. The number of hydrogen-bond donors (Lipinski definition) is 1. The molecule has 0 unspecified atom stereocenters. The highest BCUT2D eigenvalue weighted by Gasteiger charge is 2.23. The van der Waals surface area contributed by atoms with Crippen LogP contribution in [0, 0.1) is 0 Å². The Morgan fingerprint density at radius 3 is 2.10 bits per heavy atom. The van der Waals surface area contributed by atoms with Crippen LogP contribution in [0.5, 0.6) is 5.75 Å². The van der Waals surface area contributed by atoms with Crippen LogP contribution in [-0.4, -0.2) is 33.5 Å². The zero-order valence-corrected chi connectivity index (χ0v) is 18.4. The van der Waals surface area contributed by atoms with E-state index in [-0.39, 0.29) is 23.4 Å². The van der Waals surface area contributed by atoms with Crippen molar-refractivity contribution in [1.29, 1.82) is 0 Å². The van der Waals surface area contributed by atoms with Crippen molar-refractivity contribution in [2.24, 2.45) is 0 Å². The lowest BCUT2D eigenvalue weighted by Crippen LogP contribution is -2.36. The molecule has 0 bridgehead atoms. The molecule has 1 N–H and O–H groups in total. The molecule has 3 aromatic rings. The van der Waals surface area contributed by atoms with E-state index in [9.17, 15) is 13.2 Å². The minimum absolute atomic E-state index is 0.196. The highest BCUT2D eigenvalue weighted by Crippen LogP contribution is 2.23. The molecule has 0 radical (unpaired) electrons. The second-order valence-corrected chi connectivity index (χ2v) is 8.89. The lowest BCUT2D eigenvalue weighted by molar-refractivity contribution is 0.0926. The van der Waals surface area contributed by atoms with Crippen LogP contribution in [0.15, 0.2) is 89.8 Å². The van der Waals surface area contributed by atoms with Gasteiger partial charge in [0.2, 0.25) is 0 Å². The number of anilines is 1. The van der Waals surface area contributed by atoms with E-state index in [0.717, 1.165) is 5.75 Å². The monoisotopic (exact) mass is 438 g/mol. The average Bonchev–Trinajstić information content (AvgIpc) is 2.80. The van der Waals surface area contributed by atoms with Gasteiger partial charge in [-0.3, -0.25) is 9.10 Å². The highest BCUT2D eigenvalue weighted by atomic mass is 32.2. The standard InChI is InChI=1S/C24H26N2O4S/c1-3-26(31(28,29)23-12-8-5-9-13-23)21-16-14-20(15-17-21)24(27)25-19(2)18-30-22-10-6-4-7-11-22/h4-17,19H,3,18H2,1-2H3,(H,25,27)/t19-/m0/s1. The summed E-state index contributed by atoms with van der Waals surface area (Å²) >= 11 is 0. The molecule has 162 valence electrons. The number of nitrogens with zero attached hydrogens (tertiary/aromatic N) is 1. The van der Waals surface area contributed by atoms with Crippen molar-refractivity contribution in [1.82, 2.24) is 5.32 Å². The number of rotatable bonds is 9. The Balaban J connectivity index is 1.65. The first kappa shape index (κ1) is 22.4. The van der Waals surface area contributed by atoms with Crippen molar-refractivity contribution in [3.05, 3.63) is 90.5 Å². The molecular weight excluding hydrogens is 412 g/mol. The molecule has 0 aliphatic rings. The smallest absolute Gasteiger partial charge is 0.264 e. The van der Waals surface area contributed by atoms with Crippen molar-refractivity contribution in [3.63, 3.8) is 0 Å². The molecule has 3 rings (SSSR count). The van der Waals surface area contributed by atoms with Crippen LogP contribution < -0.4 is 14.4 Å². The summed E-state index contributed by atoms with van der Waals surface area (Å²) in [6.45, 7) is 4.25. The number of benzene rings is 3. The molecule has 0 aliphatic heterocycles. The van der Waals surface area contributed by atoms with Crippen molar-refractivity contribution in [2.75, 3.05) is 17.5 Å². The van der Waals surface area contributed by atoms with E-state index in [0.29, 0.717) is 17.9 Å². The third-order valence-corrected chi connectivity index (χ3v) is 6.57. The summed E-state index contributed by atoms with van der Waals surface area (Å²) < 4.78 is 32.9. The van der Waals surface area contributed by atoms with Crippen molar-refractivity contribution in [3.8, 4) is 5.75 Å². The number of amides is 1. The second kappa shape index (κ2) is 10.1. The maximum atomic E-state index is 12.9. The van der Waals surface area contributed by atoms with Crippen LogP contribution in [0.2, 0.25) is 0 Å². The Hall–Kier alpha value is -3.32. The first-order chi connectivity index (χ1) is 14.9. The van der Waals surface area contributed by atoms with Gasteiger partial charge < -0.3 is 10.1 Å². The summed E-state index contributed by atoms with van der Waals surface area (Å²) in [5, 5.41) is 2.89. The highest BCUT2D eigenvalue weighted by molar-refractivity contribution is 7.92. The van der Waals surface area contributed by atoms with E-state index >= 15 is 0 Å². The van der Waals surface area contributed by atoms with Crippen LogP contribution in [-0.2, 0) is 10.0 Å². The van der Waals surface area contributed by atoms with Gasteiger partial charge in [0.05, 0.1) is 16.6 Å². The van der Waals surface area contributed by atoms with Gasteiger partial charge in [-0.15, -0.1) is 0 Å². The van der Waals surface area contributed by atoms with E-state index in [1.54, 1.807) is 61.5 Å². The third-order valence-electron chi connectivity index (χ3n) is 4.66. The average molecular weight is 439 g/mol. The first-order valence-electron chi connectivity index (χ1n) is 10.1. The fraction of sp³-hybridized carbons (Fsp3) is 0.208. The summed E-state index contributed by atoms with van der Waals surface area (Å²) in [6, 6.07) is 24.0. The molecule has 0 heterocycles. The minimum Gasteiger partial charge on any atom is -0.491 e. The number of carbonyl (C=O) groups is 1. The van der Waals surface area contributed by atoms with E-state index in [1.165, 1.54) is 4.31 Å². The van der Waals surface area contributed by atoms with Gasteiger partial charge in [0.25, 0.3) is 15.9 Å². The Kier molecular flexibility index (Phi) is 7.31. The van der Waals surface area contributed by atoms with Crippen molar-refractivity contribution in [2.45, 2.75) is 24.8 Å². The Morgan fingerprint density at radius 1 is 0.935 bits per heavy atom. The normalized spacial score (nSPS) is 12.1. The van der Waals surface area contributed by atoms with Crippen molar-refractivity contribution >= 4 is 21.6 Å². The molecule has 6 nitrogen and oxygen atoms in total. The number of ether oxygens (including phenoxy) is 1. The predicted octanol–water partition coefficient (Wildman–Crippen LogP) is 4.10. The maximum absolute atomic E-state index is 12.9. The largest absolute Gasteiger partial charge is 0.491 e. The summed E-state index contributed by atoms with van der Waals surface area (Å²) in [6.07, 6.45) is 0. The molecular formula is C24H26N2O4S. The zero-order chi connectivity index (χ0) is 22.3. The summed E-state index contributed by atoms with van der Waals surface area (Å²) in [5.74, 6) is 0.497. The van der Waals surface area contributed by atoms with E-state index in [1.807, 2.05) is 37.3 Å². The Bertz CT molecular complexity index is 1090. The van der Waals surface area contributed by atoms with Crippen LogP contribution in [0.3, 0.4) is 0 Å². The van der Waals surface area contributed by atoms with Crippen LogP contribution >= 0.6 is 0 Å². The van der Waals surface area contributed by atoms with Gasteiger partial charge >= 0.3 is 0 Å². The first-order valence-corrected chi connectivity index (χ1v) is 11.5. The number of nitrogens with one attached hydrogen (secondary N) is 1. The number of para-hydroxylation sites is 1. The lowest BCUT2D eigenvalue weighted by atomic mass is 10.2. The minimum atomic E-state index is -3.67. The lowest BCUT2D eigenvalue weighted by Gasteiger charge is -2.23. The van der Waals surface area contributed by atoms with Crippen LogP contribution in [0.1, 0.15) is 24.2 Å². The molecule has 0 saturated heterocycles. The Labute approximate surface area is 183 Å². The predicted molar refractivity (Wildman–Crippen MR) is 122 cm³/mol. The second-order valence-electron chi connectivity index (χ2n) is 7.03.